The second-order valence-electron chi connectivity index (χ2n) is 7.13. The zero-order valence-electron chi connectivity index (χ0n) is 17.0. The lowest BCUT2D eigenvalue weighted by Crippen LogP contribution is -2.56. The standard InChI is InChI=1S/C19H25N5O5S2/c25-19(21-16-2-1-3-18(12-16)29-13-17-14-30-15-20-17)22-4-6-23(7-5-22)31(26,27)24-8-10-28-11-9-24/h1-3,12,14-15H,4-11,13H2,(H,21,25). The van der Waals surface area contributed by atoms with E-state index in [9.17, 15) is 13.2 Å². The summed E-state index contributed by atoms with van der Waals surface area (Å²) in [7, 11) is -3.52. The molecule has 168 valence electrons. The lowest BCUT2D eigenvalue weighted by Gasteiger charge is -2.37. The van der Waals surface area contributed by atoms with E-state index in [2.05, 4.69) is 10.3 Å². The maximum Gasteiger partial charge on any atom is 0.321 e. The Morgan fingerprint density at radius 2 is 1.87 bits per heavy atom. The molecule has 2 saturated heterocycles. The number of carbonyl (C=O) groups excluding carboxylic acids is 1. The van der Waals surface area contributed by atoms with Crippen LogP contribution in [0, 0.1) is 0 Å². The molecule has 10 nitrogen and oxygen atoms in total. The van der Waals surface area contributed by atoms with Gasteiger partial charge in [-0.05, 0) is 12.1 Å². The maximum absolute atomic E-state index is 12.8. The number of ether oxygens (including phenoxy) is 2. The van der Waals surface area contributed by atoms with E-state index in [4.69, 9.17) is 9.47 Å². The summed E-state index contributed by atoms with van der Waals surface area (Å²) in [6.45, 7) is 3.11. The summed E-state index contributed by atoms with van der Waals surface area (Å²) in [5.74, 6) is 0.632. The van der Waals surface area contributed by atoms with Crippen LogP contribution >= 0.6 is 11.3 Å². The van der Waals surface area contributed by atoms with E-state index in [1.165, 1.54) is 19.9 Å². The van der Waals surface area contributed by atoms with Crippen molar-refractivity contribution in [2.24, 2.45) is 0 Å². The van der Waals surface area contributed by atoms with Gasteiger partial charge in [-0.2, -0.15) is 17.0 Å². The minimum atomic E-state index is -3.52. The van der Waals surface area contributed by atoms with E-state index in [1.54, 1.807) is 28.6 Å². The number of hydrogen-bond acceptors (Lipinski definition) is 7. The highest BCUT2D eigenvalue weighted by atomic mass is 32.2. The molecule has 3 heterocycles. The monoisotopic (exact) mass is 467 g/mol. The van der Waals surface area contributed by atoms with Gasteiger partial charge in [0.15, 0.2) is 0 Å². The van der Waals surface area contributed by atoms with Crippen molar-refractivity contribution in [2.75, 3.05) is 57.8 Å². The molecule has 2 aromatic rings. The number of carbonyl (C=O) groups is 1. The fraction of sp³-hybridized carbons (Fsp3) is 0.474. The smallest absolute Gasteiger partial charge is 0.321 e. The number of benzene rings is 1. The number of aromatic nitrogens is 1. The van der Waals surface area contributed by atoms with Crippen LogP contribution in [-0.2, 0) is 21.6 Å². The van der Waals surface area contributed by atoms with E-state index in [0.29, 0.717) is 57.4 Å². The predicted octanol–water partition coefficient (Wildman–Crippen LogP) is 1.45. The summed E-state index contributed by atoms with van der Waals surface area (Å²) in [6.07, 6.45) is 0. The highest BCUT2D eigenvalue weighted by Crippen LogP contribution is 2.20. The van der Waals surface area contributed by atoms with E-state index >= 15 is 0 Å². The number of urea groups is 1. The fourth-order valence-electron chi connectivity index (χ4n) is 3.39. The van der Waals surface area contributed by atoms with Crippen molar-refractivity contribution < 1.29 is 22.7 Å². The second kappa shape index (κ2) is 9.92. The van der Waals surface area contributed by atoms with Gasteiger partial charge in [-0.25, -0.2) is 9.78 Å². The molecule has 0 radical (unpaired) electrons. The Hall–Kier alpha value is -2.25. The Kier molecular flexibility index (Phi) is 7.02. The van der Waals surface area contributed by atoms with Gasteiger partial charge >= 0.3 is 6.03 Å². The molecule has 4 rings (SSSR count). The Morgan fingerprint density at radius 3 is 2.58 bits per heavy atom. The van der Waals surface area contributed by atoms with Gasteiger partial charge in [-0.1, -0.05) is 6.07 Å². The normalized spacial score (nSPS) is 18.6. The van der Waals surface area contributed by atoms with Gasteiger partial charge in [0, 0.05) is 56.4 Å². The summed E-state index contributed by atoms with van der Waals surface area (Å²) < 4.78 is 39.3. The summed E-state index contributed by atoms with van der Waals surface area (Å²) in [5, 5.41) is 4.78. The molecule has 0 spiro atoms. The average Bonchev–Trinajstić information content (AvgIpc) is 3.32. The minimum Gasteiger partial charge on any atom is -0.487 e. The number of thiazole rings is 1. The van der Waals surface area contributed by atoms with Gasteiger partial charge in [0.2, 0.25) is 0 Å². The highest BCUT2D eigenvalue weighted by molar-refractivity contribution is 7.86. The molecule has 12 heteroatoms. The molecule has 1 N–H and O–H groups in total. The van der Waals surface area contributed by atoms with E-state index in [-0.39, 0.29) is 19.1 Å². The molecule has 2 aliphatic heterocycles. The van der Waals surface area contributed by atoms with Crippen molar-refractivity contribution in [2.45, 2.75) is 6.61 Å². The summed E-state index contributed by atoms with van der Waals surface area (Å²) in [4.78, 5) is 18.4. The first-order valence-corrected chi connectivity index (χ1v) is 12.4. The van der Waals surface area contributed by atoms with Crippen LogP contribution in [0.5, 0.6) is 5.75 Å². The van der Waals surface area contributed by atoms with Crippen molar-refractivity contribution in [3.05, 3.63) is 40.8 Å². The van der Waals surface area contributed by atoms with Gasteiger partial charge in [-0.15, -0.1) is 11.3 Å². The number of piperazine rings is 1. The number of morpholine rings is 1. The van der Waals surface area contributed by atoms with Crippen molar-refractivity contribution >= 4 is 33.3 Å². The molecule has 2 fully saturated rings. The van der Waals surface area contributed by atoms with Gasteiger partial charge in [0.1, 0.15) is 12.4 Å². The first kappa shape index (κ1) is 22.0. The van der Waals surface area contributed by atoms with Crippen LogP contribution in [-0.4, -0.2) is 85.4 Å². The summed E-state index contributed by atoms with van der Waals surface area (Å²) in [5.41, 5.74) is 3.22. The average molecular weight is 468 g/mol. The summed E-state index contributed by atoms with van der Waals surface area (Å²) in [6, 6.07) is 6.90. The number of anilines is 1. The van der Waals surface area contributed by atoms with Crippen molar-refractivity contribution in [1.29, 1.82) is 0 Å². The van der Waals surface area contributed by atoms with Crippen LogP contribution in [0.15, 0.2) is 35.2 Å². The molecule has 2 aliphatic rings. The van der Waals surface area contributed by atoms with Crippen molar-refractivity contribution in [1.82, 2.24) is 18.5 Å². The first-order valence-electron chi connectivity index (χ1n) is 10.0. The van der Waals surface area contributed by atoms with Crippen molar-refractivity contribution in [3.8, 4) is 5.75 Å². The highest BCUT2D eigenvalue weighted by Gasteiger charge is 2.34. The molecule has 2 amide bonds. The van der Waals surface area contributed by atoms with Crippen LogP contribution in [0.25, 0.3) is 0 Å². The van der Waals surface area contributed by atoms with E-state index in [0.717, 1.165) is 5.69 Å². The molecule has 31 heavy (non-hydrogen) atoms. The minimum absolute atomic E-state index is 0.264. The maximum atomic E-state index is 12.8. The SMILES string of the molecule is O=C(Nc1cccc(OCc2cscn2)c1)N1CCN(S(=O)(=O)N2CCOCC2)CC1. The molecule has 1 aromatic heterocycles. The van der Waals surface area contributed by atoms with Gasteiger partial charge in [-0.3, -0.25) is 0 Å². The Balaban J connectivity index is 1.28. The Bertz CT molecular complexity index is 971. The lowest BCUT2D eigenvalue weighted by molar-refractivity contribution is 0.0691. The zero-order chi connectivity index (χ0) is 21.7. The topological polar surface area (TPSA) is 104 Å². The molecule has 0 atom stereocenters. The number of rotatable bonds is 6. The first-order chi connectivity index (χ1) is 15.0. The van der Waals surface area contributed by atoms with Crippen LogP contribution < -0.4 is 10.1 Å². The number of nitrogens with one attached hydrogen (secondary N) is 1. The number of nitrogens with zero attached hydrogens (tertiary/aromatic N) is 4. The van der Waals surface area contributed by atoms with E-state index in [1.807, 2.05) is 11.4 Å². The Morgan fingerprint density at radius 1 is 1.13 bits per heavy atom. The third-order valence-corrected chi connectivity index (χ3v) is 7.77. The van der Waals surface area contributed by atoms with Gasteiger partial charge in [0.05, 0.1) is 24.4 Å². The predicted molar refractivity (Wildman–Crippen MR) is 116 cm³/mol. The second-order valence-corrected chi connectivity index (χ2v) is 9.78. The third kappa shape index (κ3) is 5.52. The zero-order valence-corrected chi connectivity index (χ0v) is 18.6. The number of amides is 2. The van der Waals surface area contributed by atoms with Gasteiger partial charge < -0.3 is 19.7 Å². The van der Waals surface area contributed by atoms with Crippen LogP contribution in [0.4, 0.5) is 10.5 Å². The molecular weight excluding hydrogens is 442 g/mol. The largest absolute Gasteiger partial charge is 0.487 e. The quantitative estimate of drug-likeness (QED) is 0.690. The van der Waals surface area contributed by atoms with Crippen LogP contribution in [0.3, 0.4) is 0 Å². The molecule has 0 unspecified atom stereocenters. The summed E-state index contributed by atoms with van der Waals surface area (Å²) >= 11 is 1.51. The molecule has 0 bridgehead atoms. The van der Waals surface area contributed by atoms with Crippen molar-refractivity contribution in [3.63, 3.8) is 0 Å². The molecule has 0 saturated carbocycles. The van der Waals surface area contributed by atoms with E-state index < -0.39 is 10.2 Å². The molecule has 0 aliphatic carbocycles. The fourth-order valence-corrected chi connectivity index (χ4v) is 5.50. The number of hydrogen-bond donors (Lipinski definition) is 1. The molecule has 1 aromatic carbocycles. The van der Waals surface area contributed by atoms with Gasteiger partial charge in [0.25, 0.3) is 10.2 Å². The lowest BCUT2D eigenvalue weighted by atomic mass is 10.3. The molecular formula is C19H25N5O5S2. The third-order valence-electron chi connectivity index (χ3n) is 5.10. The Labute approximate surface area is 185 Å². The van der Waals surface area contributed by atoms with Crippen LogP contribution in [0.1, 0.15) is 5.69 Å². The van der Waals surface area contributed by atoms with Crippen LogP contribution in [0.2, 0.25) is 0 Å².